The molecule has 0 bridgehead atoms. The van der Waals surface area contributed by atoms with Crippen molar-refractivity contribution in [2.45, 2.75) is 63.2 Å². The number of piperidine rings is 1. The smallest absolute Gasteiger partial charge is 0.227 e. The van der Waals surface area contributed by atoms with Gasteiger partial charge in [-0.25, -0.2) is 0 Å². The lowest BCUT2D eigenvalue weighted by molar-refractivity contribution is -0.138. The van der Waals surface area contributed by atoms with Crippen LogP contribution in [0, 0.1) is 5.92 Å². The van der Waals surface area contributed by atoms with Gasteiger partial charge in [-0.15, -0.1) is 0 Å². The predicted octanol–water partition coefficient (Wildman–Crippen LogP) is 1.30. The number of hydrogen-bond donors (Lipinski definition) is 1. The van der Waals surface area contributed by atoms with Crippen molar-refractivity contribution < 1.29 is 14.3 Å². The fourth-order valence-electron chi connectivity index (χ4n) is 3.79. The van der Waals surface area contributed by atoms with E-state index in [-0.39, 0.29) is 24.0 Å². The molecule has 0 unspecified atom stereocenters. The molecule has 2 heterocycles. The number of amides is 1. The molecule has 0 spiro atoms. The summed E-state index contributed by atoms with van der Waals surface area (Å²) < 4.78 is 11.5. The van der Waals surface area contributed by atoms with Crippen LogP contribution in [0.25, 0.3) is 0 Å². The van der Waals surface area contributed by atoms with Gasteiger partial charge in [0.1, 0.15) is 0 Å². The Labute approximate surface area is 127 Å². The van der Waals surface area contributed by atoms with Gasteiger partial charge in [0.15, 0.2) is 0 Å². The molecule has 3 atom stereocenters. The van der Waals surface area contributed by atoms with Gasteiger partial charge in [0.05, 0.1) is 24.7 Å². The van der Waals surface area contributed by atoms with Crippen molar-refractivity contribution in [3.63, 3.8) is 0 Å². The summed E-state index contributed by atoms with van der Waals surface area (Å²) in [6.45, 7) is 3.23. The molecule has 0 aromatic carbocycles. The second-order valence-corrected chi connectivity index (χ2v) is 6.69. The van der Waals surface area contributed by atoms with E-state index in [4.69, 9.17) is 15.2 Å². The first-order valence-electron chi connectivity index (χ1n) is 8.51. The maximum Gasteiger partial charge on any atom is 0.227 e. The Kier molecular flexibility index (Phi) is 5.14. The molecule has 0 radical (unpaired) electrons. The molecule has 21 heavy (non-hydrogen) atoms. The molecule has 1 saturated carbocycles. The highest BCUT2D eigenvalue weighted by Crippen LogP contribution is 2.27. The number of hydrogen-bond acceptors (Lipinski definition) is 4. The SMILES string of the molecule is N[C@@H]1CCC[C@@H]1C(=O)N1CCC(OC[C@H]2CCCO2)CC1. The van der Waals surface area contributed by atoms with E-state index in [0.717, 1.165) is 64.6 Å². The Hall–Kier alpha value is -0.650. The predicted molar refractivity (Wildman–Crippen MR) is 79.8 cm³/mol. The number of carbonyl (C=O) groups excluding carboxylic acids is 1. The summed E-state index contributed by atoms with van der Waals surface area (Å²) in [5.74, 6) is 0.340. The number of ether oxygens (including phenoxy) is 2. The summed E-state index contributed by atoms with van der Waals surface area (Å²) in [4.78, 5) is 14.5. The summed E-state index contributed by atoms with van der Waals surface area (Å²) in [7, 11) is 0. The Balaban J connectivity index is 1.39. The normalized spacial score (nSPS) is 34.5. The van der Waals surface area contributed by atoms with E-state index in [2.05, 4.69) is 0 Å². The molecule has 3 fully saturated rings. The topological polar surface area (TPSA) is 64.8 Å². The Morgan fingerprint density at radius 2 is 1.95 bits per heavy atom. The maximum atomic E-state index is 12.5. The Morgan fingerprint density at radius 3 is 2.57 bits per heavy atom. The summed E-state index contributed by atoms with van der Waals surface area (Å²) in [5, 5.41) is 0. The lowest BCUT2D eigenvalue weighted by atomic mass is 10.00. The number of nitrogens with zero attached hydrogens (tertiary/aromatic N) is 1. The minimum Gasteiger partial charge on any atom is -0.376 e. The monoisotopic (exact) mass is 296 g/mol. The molecule has 1 amide bonds. The van der Waals surface area contributed by atoms with Gasteiger partial charge in [0.2, 0.25) is 5.91 Å². The van der Waals surface area contributed by atoms with E-state index in [1.54, 1.807) is 0 Å². The molecule has 5 nitrogen and oxygen atoms in total. The summed E-state index contributed by atoms with van der Waals surface area (Å²) in [6.07, 6.45) is 7.81. The minimum atomic E-state index is 0.0642. The van der Waals surface area contributed by atoms with Crippen molar-refractivity contribution in [2.24, 2.45) is 11.7 Å². The van der Waals surface area contributed by atoms with Crippen LogP contribution in [0.2, 0.25) is 0 Å². The molecule has 0 aromatic rings. The van der Waals surface area contributed by atoms with Crippen LogP contribution in [-0.4, -0.2) is 55.4 Å². The van der Waals surface area contributed by atoms with E-state index in [0.29, 0.717) is 12.7 Å². The van der Waals surface area contributed by atoms with Crippen LogP contribution in [0.15, 0.2) is 0 Å². The van der Waals surface area contributed by atoms with E-state index >= 15 is 0 Å². The summed E-state index contributed by atoms with van der Waals surface area (Å²) >= 11 is 0. The molecular formula is C16H28N2O3. The van der Waals surface area contributed by atoms with Crippen molar-refractivity contribution in [1.29, 1.82) is 0 Å². The Bertz CT molecular complexity index is 349. The molecule has 3 aliphatic rings. The van der Waals surface area contributed by atoms with E-state index < -0.39 is 0 Å². The third-order valence-electron chi connectivity index (χ3n) is 5.18. The van der Waals surface area contributed by atoms with Gasteiger partial charge in [-0.1, -0.05) is 6.42 Å². The molecule has 2 N–H and O–H groups in total. The fraction of sp³-hybridized carbons (Fsp3) is 0.938. The first kappa shape index (κ1) is 15.3. The second-order valence-electron chi connectivity index (χ2n) is 6.69. The summed E-state index contributed by atoms with van der Waals surface area (Å²) in [6, 6.07) is 0.0750. The zero-order valence-electron chi connectivity index (χ0n) is 12.8. The highest BCUT2D eigenvalue weighted by Gasteiger charge is 2.35. The molecular weight excluding hydrogens is 268 g/mol. The molecule has 2 saturated heterocycles. The maximum absolute atomic E-state index is 12.5. The van der Waals surface area contributed by atoms with Gasteiger partial charge < -0.3 is 20.1 Å². The minimum absolute atomic E-state index is 0.0642. The van der Waals surface area contributed by atoms with Crippen LogP contribution in [0.1, 0.15) is 44.9 Å². The fourth-order valence-corrected chi connectivity index (χ4v) is 3.79. The highest BCUT2D eigenvalue weighted by molar-refractivity contribution is 5.80. The first-order chi connectivity index (χ1) is 10.2. The second kappa shape index (κ2) is 7.07. The molecule has 3 rings (SSSR count). The number of carbonyl (C=O) groups is 1. The van der Waals surface area contributed by atoms with Crippen LogP contribution in [0.5, 0.6) is 0 Å². The zero-order valence-corrected chi connectivity index (χ0v) is 12.8. The van der Waals surface area contributed by atoms with E-state index in [1.807, 2.05) is 4.90 Å². The average molecular weight is 296 g/mol. The quantitative estimate of drug-likeness (QED) is 0.849. The molecule has 2 aliphatic heterocycles. The van der Waals surface area contributed by atoms with Crippen LogP contribution in [0.4, 0.5) is 0 Å². The van der Waals surface area contributed by atoms with Crippen molar-refractivity contribution in [3.05, 3.63) is 0 Å². The number of rotatable bonds is 4. The van der Waals surface area contributed by atoms with Gasteiger partial charge in [0.25, 0.3) is 0 Å². The van der Waals surface area contributed by atoms with Crippen LogP contribution >= 0.6 is 0 Å². The van der Waals surface area contributed by atoms with Crippen LogP contribution < -0.4 is 5.73 Å². The third kappa shape index (κ3) is 3.76. The molecule has 5 heteroatoms. The average Bonchev–Trinajstić information content (AvgIpc) is 3.16. The number of nitrogens with two attached hydrogens (primary N) is 1. The van der Waals surface area contributed by atoms with E-state index in [1.165, 1.54) is 0 Å². The van der Waals surface area contributed by atoms with Crippen molar-refractivity contribution in [3.8, 4) is 0 Å². The first-order valence-corrected chi connectivity index (χ1v) is 8.51. The number of likely N-dealkylation sites (tertiary alicyclic amines) is 1. The van der Waals surface area contributed by atoms with Crippen molar-refractivity contribution >= 4 is 5.91 Å². The van der Waals surface area contributed by atoms with Crippen molar-refractivity contribution in [1.82, 2.24) is 4.90 Å². The van der Waals surface area contributed by atoms with Crippen LogP contribution in [0.3, 0.4) is 0 Å². The highest BCUT2D eigenvalue weighted by atomic mass is 16.5. The van der Waals surface area contributed by atoms with E-state index in [9.17, 15) is 4.79 Å². The molecule has 120 valence electrons. The third-order valence-corrected chi connectivity index (χ3v) is 5.18. The van der Waals surface area contributed by atoms with Crippen molar-refractivity contribution in [2.75, 3.05) is 26.3 Å². The summed E-state index contributed by atoms with van der Waals surface area (Å²) in [5.41, 5.74) is 6.05. The lowest BCUT2D eigenvalue weighted by Gasteiger charge is -2.34. The Morgan fingerprint density at radius 1 is 1.14 bits per heavy atom. The zero-order chi connectivity index (χ0) is 14.7. The van der Waals surface area contributed by atoms with Gasteiger partial charge in [-0.3, -0.25) is 4.79 Å². The van der Waals surface area contributed by atoms with Gasteiger partial charge in [-0.2, -0.15) is 0 Å². The standard InChI is InChI=1S/C16H28N2O3/c17-15-5-1-4-14(15)16(19)18-8-6-12(7-9-18)21-11-13-3-2-10-20-13/h12-15H,1-11,17H2/t13-,14+,15-/m1/s1. The molecule has 1 aliphatic carbocycles. The largest absolute Gasteiger partial charge is 0.376 e. The molecule has 0 aromatic heterocycles. The lowest BCUT2D eigenvalue weighted by Crippen LogP contribution is -2.46. The van der Waals surface area contributed by atoms with Gasteiger partial charge in [-0.05, 0) is 38.5 Å². The van der Waals surface area contributed by atoms with Gasteiger partial charge >= 0.3 is 0 Å². The van der Waals surface area contributed by atoms with Crippen LogP contribution in [-0.2, 0) is 14.3 Å². The van der Waals surface area contributed by atoms with Gasteiger partial charge in [0, 0.05) is 25.7 Å².